The SMILES string of the molecule is CCCCCCCCCCCCCCCCCCCCCCCCCCCCCCCCCC(=O)NC(CO)C(O)CCCCCCCCC. The number of aliphatic hydroxyl groups excluding tert-OH is 2. The van der Waals surface area contributed by atoms with Crippen molar-refractivity contribution in [2.75, 3.05) is 6.61 Å². The van der Waals surface area contributed by atoms with Crippen molar-refractivity contribution < 1.29 is 15.0 Å². The third kappa shape index (κ3) is 38.6. The van der Waals surface area contributed by atoms with E-state index in [1.165, 1.54) is 218 Å². The molecule has 2 unspecified atom stereocenters. The van der Waals surface area contributed by atoms with Crippen molar-refractivity contribution in [2.45, 2.75) is 283 Å². The van der Waals surface area contributed by atoms with Gasteiger partial charge in [0.1, 0.15) is 0 Å². The molecule has 0 aromatic rings. The van der Waals surface area contributed by atoms with Gasteiger partial charge < -0.3 is 15.5 Å². The van der Waals surface area contributed by atoms with Crippen LogP contribution in [0.25, 0.3) is 0 Å². The first-order valence-corrected chi connectivity index (χ1v) is 23.2. The molecule has 4 heteroatoms. The minimum Gasteiger partial charge on any atom is -0.394 e. The summed E-state index contributed by atoms with van der Waals surface area (Å²) in [5.74, 6) is -0.0296. The second-order valence-electron chi connectivity index (χ2n) is 16.2. The van der Waals surface area contributed by atoms with Crippen LogP contribution in [0.4, 0.5) is 0 Å². The first kappa shape index (κ1) is 49.4. The molecular weight excluding hydrogens is 615 g/mol. The van der Waals surface area contributed by atoms with Crippen molar-refractivity contribution in [3.8, 4) is 0 Å². The van der Waals surface area contributed by atoms with E-state index >= 15 is 0 Å². The van der Waals surface area contributed by atoms with E-state index in [2.05, 4.69) is 19.2 Å². The lowest BCUT2D eigenvalue weighted by Gasteiger charge is -2.22. The summed E-state index contributed by atoms with van der Waals surface area (Å²) in [5, 5.41) is 22.9. The molecule has 0 aromatic carbocycles. The van der Waals surface area contributed by atoms with Crippen molar-refractivity contribution in [2.24, 2.45) is 0 Å². The van der Waals surface area contributed by atoms with E-state index in [4.69, 9.17) is 0 Å². The van der Waals surface area contributed by atoms with E-state index in [0.29, 0.717) is 12.8 Å². The summed E-state index contributed by atoms with van der Waals surface area (Å²) in [7, 11) is 0. The zero-order chi connectivity index (χ0) is 36.4. The molecular formula is C46H93NO3. The molecule has 0 bridgehead atoms. The highest BCUT2D eigenvalue weighted by atomic mass is 16.3. The first-order chi connectivity index (χ1) is 24.7. The van der Waals surface area contributed by atoms with Gasteiger partial charge in [0.15, 0.2) is 0 Å². The number of hydrogen-bond donors (Lipinski definition) is 3. The second kappa shape index (κ2) is 42.8. The van der Waals surface area contributed by atoms with Crippen molar-refractivity contribution in [3.63, 3.8) is 0 Å². The third-order valence-corrected chi connectivity index (χ3v) is 11.1. The van der Waals surface area contributed by atoms with Gasteiger partial charge in [-0.2, -0.15) is 0 Å². The maximum Gasteiger partial charge on any atom is 0.220 e. The maximum absolute atomic E-state index is 12.3. The molecule has 0 aliphatic rings. The van der Waals surface area contributed by atoms with Crippen LogP contribution in [-0.4, -0.2) is 34.9 Å². The molecule has 3 N–H and O–H groups in total. The molecule has 0 heterocycles. The standard InChI is InChI=1S/C46H93NO3/c1-3-5-7-9-11-12-13-14-15-16-17-18-19-20-21-22-23-24-25-26-27-28-29-30-31-32-33-34-36-38-40-42-46(50)47-44(43-48)45(49)41-39-37-35-10-8-6-4-2/h44-45,48-49H,3-43H2,1-2H3,(H,47,50). The van der Waals surface area contributed by atoms with E-state index in [-0.39, 0.29) is 12.5 Å². The number of nitrogens with one attached hydrogen (secondary N) is 1. The zero-order valence-electron chi connectivity index (χ0n) is 34.4. The molecule has 2 atom stereocenters. The Morgan fingerprint density at radius 2 is 0.640 bits per heavy atom. The predicted octanol–water partition coefficient (Wildman–Crippen LogP) is 14.5. The van der Waals surface area contributed by atoms with Crippen molar-refractivity contribution in [1.29, 1.82) is 0 Å². The van der Waals surface area contributed by atoms with E-state index in [0.717, 1.165) is 25.7 Å². The summed E-state index contributed by atoms with van der Waals surface area (Å²) in [6, 6.07) is -0.527. The lowest BCUT2D eigenvalue weighted by Crippen LogP contribution is -2.45. The topological polar surface area (TPSA) is 69.6 Å². The molecule has 1 amide bonds. The molecule has 50 heavy (non-hydrogen) atoms. The molecule has 0 spiro atoms. The lowest BCUT2D eigenvalue weighted by molar-refractivity contribution is -0.123. The van der Waals surface area contributed by atoms with Crippen LogP contribution in [-0.2, 0) is 4.79 Å². The van der Waals surface area contributed by atoms with Gasteiger partial charge in [-0.3, -0.25) is 4.79 Å². The van der Waals surface area contributed by atoms with Gasteiger partial charge >= 0.3 is 0 Å². The highest BCUT2D eigenvalue weighted by Crippen LogP contribution is 2.17. The van der Waals surface area contributed by atoms with Gasteiger partial charge in [0, 0.05) is 6.42 Å². The van der Waals surface area contributed by atoms with Crippen LogP contribution in [0.2, 0.25) is 0 Å². The normalized spacial score (nSPS) is 12.8. The number of unbranched alkanes of at least 4 members (excludes halogenated alkanes) is 36. The van der Waals surface area contributed by atoms with Crippen molar-refractivity contribution in [1.82, 2.24) is 5.32 Å². The Labute approximate surface area is 314 Å². The molecule has 0 saturated heterocycles. The van der Waals surface area contributed by atoms with Crippen LogP contribution in [0.3, 0.4) is 0 Å². The molecule has 0 radical (unpaired) electrons. The fourth-order valence-corrected chi connectivity index (χ4v) is 7.54. The summed E-state index contributed by atoms with van der Waals surface area (Å²) in [6.07, 6.45) is 52.3. The average molecular weight is 708 g/mol. The first-order valence-electron chi connectivity index (χ1n) is 23.2. The average Bonchev–Trinajstić information content (AvgIpc) is 3.12. The number of rotatable bonds is 43. The van der Waals surface area contributed by atoms with Crippen molar-refractivity contribution in [3.05, 3.63) is 0 Å². The molecule has 0 aliphatic carbocycles. The van der Waals surface area contributed by atoms with Crippen LogP contribution in [0, 0.1) is 0 Å². The quantitative estimate of drug-likeness (QED) is 0.0553. The Hall–Kier alpha value is -0.610. The molecule has 0 aliphatic heterocycles. The number of hydrogen-bond acceptors (Lipinski definition) is 3. The van der Waals surface area contributed by atoms with Gasteiger partial charge in [-0.05, 0) is 12.8 Å². The molecule has 0 rings (SSSR count). The molecule has 0 saturated carbocycles. The highest BCUT2D eigenvalue weighted by Gasteiger charge is 2.20. The van der Waals surface area contributed by atoms with Crippen LogP contribution in [0.15, 0.2) is 0 Å². The molecule has 4 nitrogen and oxygen atoms in total. The number of amides is 1. The van der Waals surface area contributed by atoms with Crippen molar-refractivity contribution >= 4 is 5.91 Å². The second-order valence-corrected chi connectivity index (χ2v) is 16.2. The summed E-state index contributed by atoms with van der Waals surface area (Å²) in [4.78, 5) is 12.3. The van der Waals surface area contributed by atoms with Gasteiger partial charge in [0.05, 0.1) is 18.8 Å². The van der Waals surface area contributed by atoms with E-state index < -0.39 is 12.1 Å². The van der Waals surface area contributed by atoms with E-state index in [1.807, 2.05) is 0 Å². The fourth-order valence-electron chi connectivity index (χ4n) is 7.54. The van der Waals surface area contributed by atoms with Gasteiger partial charge in [0.25, 0.3) is 0 Å². The van der Waals surface area contributed by atoms with Crippen LogP contribution < -0.4 is 5.32 Å². The summed E-state index contributed by atoms with van der Waals surface area (Å²) < 4.78 is 0. The lowest BCUT2D eigenvalue weighted by atomic mass is 10.0. The van der Waals surface area contributed by atoms with Gasteiger partial charge in [-0.15, -0.1) is 0 Å². The largest absolute Gasteiger partial charge is 0.394 e. The molecule has 300 valence electrons. The predicted molar refractivity (Wildman–Crippen MR) is 221 cm³/mol. The van der Waals surface area contributed by atoms with Gasteiger partial charge in [-0.1, -0.05) is 251 Å². The monoisotopic (exact) mass is 708 g/mol. The van der Waals surface area contributed by atoms with Gasteiger partial charge in [-0.25, -0.2) is 0 Å². The Balaban J connectivity index is 3.30. The van der Waals surface area contributed by atoms with E-state index in [9.17, 15) is 15.0 Å². The van der Waals surface area contributed by atoms with Gasteiger partial charge in [0.2, 0.25) is 5.91 Å². The number of carbonyl (C=O) groups excluding carboxylic acids is 1. The maximum atomic E-state index is 12.3. The Morgan fingerprint density at radius 3 is 0.900 bits per heavy atom. The highest BCUT2D eigenvalue weighted by molar-refractivity contribution is 5.76. The Bertz CT molecular complexity index is 641. The zero-order valence-corrected chi connectivity index (χ0v) is 34.4. The van der Waals surface area contributed by atoms with Crippen LogP contribution in [0.1, 0.15) is 271 Å². The fraction of sp³-hybridized carbons (Fsp3) is 0.978. The Morgan fingerprint density at radius 1 is 0.400 bits per heavy atom. The Kier molecular flexibility index (Phi) is 42.3. The van der Waals surface area contributed by atoms with E-state index in [1.54, 1.807) is 0 Å². The minimum absolute atomic E-state index is 0.0296. The third-order valence-electron chi connectivity index (χ3n) is 11.1. The summed E-state index contributed by atoms with van der Waals surface area (Å²) in [6.45, 7) is 4.34. The number of carbonyl (C=O) groups is 1. The molecule has 0 fully saturated rings. The van der Waals surface area contributed by atoms with Crippen LogP contribution in [0.5, 0.6) is 0 Å². The molecule has 0 aromatic heterocycles. The minimum atomic E-state index is -0.650. The summed E-state index contributed by atoms with van der Waals surface area (Å²) in [5.41, 5.74) is 0. The van der Waals surface area contributed by atoms with Crippen LogP contribution >= 0.6 is 0 Å². The smallest absolute Gasteiger partial charge is 0.220 e. The number of aliphatic hydroxyl groups is 2. The summed E-state index contributed by atoms with van der Waals surface area (Å²) >= 11 is 0.